The van der Waals surface area contributed by atoms with Gasteiger partial charge in [0.2, 0.25) is 0 Å². The highest BCUT2D eigenvalue weighted by molar-refractivity contribution is 5.87. The zero-order chi connectivity index (χ0) is 18.1. The summed E-state index contributed by atoms with van der Waals surface area (Å²) in [5, 5.41) is 5.45. The normalized spacial score (nSPS) is 11.0. The van der Waals surface area contributed by atoms with E-state index in [9.17, 15) is 4.79 Å². The van der Waals surface area contributed by atoms with Gasteiger partial charge in [0.15, 0.2) is 6.29 Å². The summed E-state index contributed by atoms with van der Waals surface area (Å²) < 4.78 is 9.66. The largest absolute Gasteiger partial charge is 0.489 e. The van der Waals surface area contributed by atoms with E-state index in [2.05, 4.69) is 5.10 Å². The number of hydrogen-bond acceptors (Lipinski definition) is 3. The standard InChI is InChI=1S/C21H19N3O2/c1-15-19(13-25)21(23(2)22-15)24-11-10-17-8-9-18(12-20(17)24)26-14-16-6-4-3-5-7-16/h3-13H,14H2,1-2H3. The van der Waals surface area contributed by atoms with E-state index in [4.69, 9.17) is 4.74 Å². The van der Waals surface area contributed by atoms with E-state index in [1.165, 1.54) is 0 Å². The Morgan fingerprint density at radius 2 is 1.92 bits per heavy atom. The van der Waals surface area contributed by atoms with Crippen molar-refractivity contribution in [1.29, 1.82) is 0 Å². The van der Waals surface area contributed by atoms with E-state index < -0.39 is 0 Å². The third-order valence-corrected chi connectivity index (χ3v) is 4.50. The molecule has 2 heterocycles. The molecule has 0 N–H and O–H groups in total. The van der Waals surface area contributed by atoms with E-state index in [-0.39, 0.29) is 0 Å². The molecule has 4 aromatic rings. The van der Waals surface area contributed by atoms with Crippen LogP contribution in [0.4, 0.5) is 0 Å². The number of aryl methyl sites for hydroxylation is 2. The zero-order valence-corrected chi connectivity index (χ0v) is 14.7. The van der Waals surface area contributed by atoms with Crippen molar-refractivity contribution >= 4 is 17.2 Å². The molecule has 0 aliphatic rings. The summed E-state index contributed by atoms with van der Waals surface area (Å²) in [6.45, 7) is 2.35. The van der Waals surface area contributed by atoms with Crippen LogP contribution < -0.4 is 4.74 Å². The maximum absolute atomic E-state index is 11.5. The van der Waals surface area contributed by atoms with E-state index in [0.717, 1.165) is 40.0 Å². The van der Waals surface area contributed by atoms with Crippen molar-refractivity contribution in [2.75, 3.05) is 0 Å². The van der Waals surface area contributed by atoms with Crippen molar-refractivity contribution in [2.45, 2.75) is 13.5 Å². The first-order valence-corrected chi connectivity index (χ1v) is 8.44. The minimum Gasteiger partial charge on any atom is -0.489 e. The van der Waals surface area contributed by atoms with Crippen molar-refractivity contribution < 1.29 is 9.53 Å². The Morgan fingerprint density at radius 3 is 2.69 bits per heavy atom. The van der Waals surface area contributed by atoms with Gasteiger partial charge in [-0.05, 0) is 30.7 Å². The number of ether oxygens (including phenoxy) is 1. The molecule has 0 atom stereocenters. The van der Waals surface area contributed by atoms with Gasteiger partial charge in [0.25, 0.3) is 0 Å². The summed E-state index contributed by atoms with van der Waals surface area (Å²) in [5.74, 6) is 1.54. The van der Waals surface area contributed by atoms with Crippen molar-refractivity contribution in [3.63, 3.8) is 0 Å². The smallest absolute Gasteiger partial charge is 0.155 e. The molecule has 5 heteroatoms. The van der Waals surface area contributed by atoms with Gasteiger partial charge in [-0.3, -0.25) is 9.48 Å². The highest BCUT2D eigenvalue weighted by atomic mass is 16.5. The van der Waals surface area contributed by atoms with Crippen molar-refractivity contribution in [3.8, 4) is 11.6 Å². The minimum atomic E-state index is 0.511. The predicted molar refractivity (Wildman–Crippen MR) is 101 cm³/mol. The molecule has 5 nitrogen and oxygen atoms in total. The van der Waals surface area contributed by atoms with Crippen LogP contribution in [0.3, 0.4) is 0 Å². The average Bonchev–Trinajstić information content (AvgIpc) is 3.19. The minimum absolute atomic E-state index is 0.511. The van der Waals surface area contributed by atoms with Gasteiger partial charge in [-0.25, -0.2) is 0 Å². The summed E-state index contributed by atoms with van der Waals surface area (Å²) >= 11 is 0. The Labute approximate surface area is 151 Å². The van der Waals surface area contributed by atoms with Gasteiger partial charge in [0.05, 0.1) is 16.8 Å². The quantitative estimate of drug-likeness (QED) is 0.513. The molecule has 0 radical (unpaired) electrons. The topological polar surface area (TPSA) is 49.0 Å². The number of aldehydes is 1. The van der Waals surface area contributed by atoms with Gasteiger partial charge in [0.1, 0.15) is 18.2 Å². The van der Waals surface area contributed by atoms with Crippen LogP contribution in [0.5, 0.6) is 5.75 Å². The number of hydrogen-bond donors (Lipinski definition) is 0. The van der Waals surface area contributed by atoms with Gasteiger partial charge in [-0.1, -0.05) is 30.3 Å². The monoisotopic (exact) mass is 345 g/mol. The molecule has 0 bridgehead atoms. The van der Waals surface area contributed by atoms with Crippen LogP contribution in [0.15, 0.2) is 60.8 Å². The molecule has 0 fully saturated rings. The first-order chi connectivity index (χ1) is 12.7. The summed E-state index contributed by atoms with van der Waals surface area (Å²) in [6, 6.07) is 18.1. The molecular formula is C21H19N3O2. The van der Waals surface area contributed by atoms with E-state index in [1.807, 2.05) is 79.3 Å². The fourth-order valence-corrected chi connectivity index (χ4v) is 3.21. The molecule has 0 amide bonds. The zero-order valence-electron chi connectivity index (χ0n) is 14.7. The number of fused-ring (bicyclic) bond motifs is 1. The number of carbonyl (C=O) groups is 1. The average molecular weight is 345 g/mol. The molecule has 0 spiro atoms. The number of rotatable bonds is 5. The van der Waals surface area contributed by atoms with Gasteiger partial charge < -0.3 is 9.30 Å². The number of aromatic nitrogens is 3. The number of nitrogens with zero attached hydrogens (tertiary/aromatic N) is 3. The van der Waals surface area contributed by atoms with E-state index in [1.54, 1.807) is 4.68 Å². The summed E-state index contributed by atoms with van der Waals surface area (Å²) in [6.07, 6.45) is 2.81. The molecule has 0 aliphatic carbocycles. The highest BCUT2D eigenvalue weighted by Crippen LogP contribution is 2.27. The van der Waals surface area contributed by atoms with Gasteiger partial charge in [0, 0.05) is 24.7 Å². The number of benzene rings is 2. The Morgan fingerprint density at radius 1 is 1.12 bits per heavy atom. The maximum Gasteiger partial charge on any atom is 0.155 e. The Balaban J connectivity index is 1.73. The lowest BCUT2D eigenvalue weighted by Gasteiger charge is -2.10. The molecule has 0 saturated carbocycles. The molecule has 0 saturated heterocycles. The van der Waals surface area contributed by atoms with Crippen molar-refractivity contribution in [2.24, 2.45) is 7.05 Å². The van der Waals surface area contributed by atoms with E-state index in [0.29, 0.717) is 12.2 Å². The van der Waals surface area contributed by atoms with Crippen LogP contribution in [-0.2, 0) is 13.7 Å². The maximum atomic E-state index is 11.5. The SMILES string of the molecule is Cc1nn(C)c(-n2ccc3ccc(OCc4ccccc4)cc32)c1C=O. The molecule has 4 rings (SSSR count). The Kier molecular flexibility index (Phi) is 4.05. The fraction of sp³-hybridized carbons (Fsp3) is 0.143. The van der Waals surface area contributed by atoms with Gasteiger partial charge in [-0.2, -0.15) is 5.10 Å². The second-order valence-electron chi connectivity index (χ2n) is 6.24. The van der Waals surface area contributed by atoms with Crippen LogP contribution >= 0.6 is 0 Å². The third-order valence-electron chi connectivity index (χ3n) is 4.50. The first kappa shape index (κ1) is 16.1. The molecule has 0 unspecified atom stereocenters. The molecule has 2 aromatic heterocycles. The van der Waals surface area contributed by atoms with Crippen LogP contribution in [0, 0.1) is 6.92 Å². The van der Waals surface area contributed by atoms with Crippen LogP contribution in [0.25, 0.3) is 16.7 Å². The van der Waals surface area contributed by atoms with Crippen molar-refractivity contribution in [1.82, 2.24) is 14.3 Å². The van der Waals surface area contributed by atoms with Gasteiger partial charge in [-0.15, -0.1) is 0 Å². The third kappa shape index (κ3) is 2.77. The Hall–Kier alpha value is -3.34. The highest BCUT2D eigenvalue weighted by Gasteiger charge is 2.16. The van der Waals surface area contributed by atoms with Crippen molar-refractivity contribution in [3.05, 3.63) is 77.6 Å². The fourth-order valence-electron chi connectivity index (χ4n) is 3.21. The summed E-state index contributed by atoms with van der Waals surface area (Å²) in [5.41, 5.74) is 3.41. The predicted octanol–water partition coefficient (Wildman–Crippen LogP) is 4.06. The molecule has 26 heavy (non-hydrogen) atoms. The second kappa shape index (κ2) is 6.52. The molecule has 130 valence electrons. The summed E-state index contributed by atoms with van der Waals surface area (Å²) in [4.78, 5) is 11.5. The second-order valence-corrected chi connectivity index (χ2v) is 6.24. The van der Waals surface area contributed by atoms with E-state index >= 15 is 0 Å². The first-order valence-electron chi connectivity index (χ1n) is 8.44. The lowest BCUT2D eigenvalue weighted by Crippen LogP contribution is -2.04. The molecule has 2 aromatic carbocycles. The number of carbonyl (C=O) groups excluding carboxylic acids is 1. The lowest BCUT2D eigenvalue weighted by atomic mass is 10.2. The lowest BCUT2D eigenvalue weighted by molar-refractivity contribution is 0.112. The molecule has 0 aliphatic heterocycles. The van der Waals surface area contributed by atoms with Gasteiger partial charge >= 0.3 is 0 Å². The summed E-state index contributed by atoms with van der Waals surface area (Å²) in [7, 11) is 1.84. The van der Waals surface area contributed by atoms with Crippen LogP contribution in [0.2, 0.25) is 0 Å². The molecular weight excluding hydrogens is 326 g/mol. The Bertz CT molecular complexity index is 1080. The van der Waals surface area contributed by atoms with Crippen LogP contribution in [-0.4, -0.2) is 20.6 Å². The van der Waals surface area contributed by atoms with Crippen LogP contribution in [0.1, 0.15) is 21.6 Å².